The van der Waals surface area contributed by atoms with E-state index in [9.17, 15) is 0 Å². The van der Waals surface area contributed by atoms with Crippen molar-refractivity contribution in [1.82, 2.24) is 9.97 Å². The molecule has 0 aliphatic carbocycles. The third kappa shape index (κ3) is 2.50. The maximum atomic E-state index is 6.34. The molecule has 3 aromatic rings. The number of nitrogens with zero attached hydrogens (tertiary/aromatic N) is 2. The summed E-state index contributed by atoms with van der Waals surface area (Å²) in [5, 5.41) is 5.46. The SMILES string of the molecule is Cc1csc(CC(N)c2cccc3ccncc23)n1. The van der Waals surface area contributed by atoms with Crippen LogP contribution in [0.3, 0.4) is 0 Å². The molecule has 0 saturated heterocycles. The smallest absolute Gasteiger partial charge is 0.0947 e. The Kier molecular flexibility index (Phi) is 3.27. The van der Waals surface area contributed by atoms with Crippen molar-refractivity contribution < 1.29 is 0 Å². The van der Waals surface area contributed by atoms with Gasteiger partial charge in [-0.1, -0.05) is 18.2 Å². The second kappa shape index (κ2) is 5.07. The molecule has 3 rings (SSSR count). The van der Waals surface area contributed by atoms with E-state index in [0.29, 0.717) is 0 Å². The molecule has 19 heavy (non-hydrogen) atoms. The van der Waals surface area contributed by atoms with Crippen LogP contribution < -0.4 is 5.73 Å². The lowest BCUT2D eigenvalue weighted by atomic mass is 9.99. The molecule has 3 nitrogen and oxygen atoms in total. The summed E-state index contributed by atoms with van der Waals surface area (Å²) < 4.78 is 0. The molecular formula is C15H15N3S. The minimum Gasteiger partial charge on any atom is -0.324 e. The van der Waals surface area contributed by atoms with Crippen molar-refractivity contribution in [3.05, 3.63) is 58.3 Å². The summed E-state index contributed by atoms with van der Waals surface area (Å²) in [4.78, 5) is 8.68. The number of hydrogen-bond donors (Lipinski definition) is 1. The number of pyridine rings is 1. The van der Waals surface area contributed by atoms with E-state index in [4.69, 9.17) is 5.73 Å². The van der Waals surface area contributed by atoms with Crippen molar-refractivity contribution in [1.29, 1.82) is 0 Å². The quantitative estimate of drug-likeness (QED) is 0.794. The monoisotopic (exact) mass is 269 g/mol. The van der Waals surface area contributed by atoms with Gasteiger partial charge in [0.1, 0.15) is 0 Å². The van der Waals surface area contributed by atoms with Gasteiger partial charge in [-0.2, -0.15) is 0 Å². The summed E-state index contributed by atoms with van der Waals surface area (Å²) in [5.41, 5.74) is 8.54. The Bertz CT molecular complexity index is 700. The number of thiazole rings is 1. The zero-order valence-corrected chi connectivity index (χ0v) is 11.5. The van der Waals surface area contributed by atoms with Gasteiger partial charge >= 0.3 is 0 Å². The van der Waals surface area contributed by atoms with E-state index >= 15 is 0 Å². The van der Waals surface area contributed by atoms with Crippen LogP contribution in [0.15, 0.2) is 42.0 Å². The van der Waals surface area contributed by atoms with Gasteiger partial charge < -0.3 is 5.73 Å². The van der Waals surface area contributed by atoms with Crippen molar-refractivity contribution in [3.8, 4) is 0 Å². The van der Waals surface area contributed by atoms with Crippen molar-refractivity contribution in [2.24, 2.45) is 5.73 Å². The molecule has 2 aromatic heterocycles. The van der Waals surface area contributed by atoms with Crippen LogP contribution in [0.4, 0.5) is 0 Å². The molecule has 0 radical (unpaired) electrons. The molecule has 2 heterocycles. The molecular weight excluding hydrogens is 254 g/mol. The summed E-state index contributed by atoms with van der Waals surface area (Å²) in [6, 6.07) is 8.18. The molecule has 1 aromatic carbocycles. The first-order valence-electron chi connectivity index (χ1n) is 6.23. The van der Waals surface area contributed by atoms with E-state index in [1.54, 1.807) is 11.3 Å². The number of nitrogens with two attached hydrogens (primary N) is 1. The highest BCUT2D eigenvalue weighted by Crippen LogP contribution is 2.25. The average Bonchev–Trinajstić information content (AvgIpc) is 2.83. The molecule has 0 aliphatic heterocycles. The molecule has 0 amide bonds. The van der Waals surface area contributed by atoms with Gasteiger partial charge in [-0.3, -0.25) is 4.98 Å². The molecule has 0 aliphatic rings. The van der Waals surface area contributed by atoms with Crippen LogP contribution in [0.5, 0.6) is 0 Å². The Morgan fingerprint density at radius 1 is 1.32 bits per heavy atom. The van der Waals surface area contributed by atoms with Gasteiger partial charge in [-0.05, 0) is 23.9 Å². The van der Waals surface area contributed by atoms with E-state index in [1.165, 1.54) is 5.39 Å². The minimum absolute atomic E-state index is 0.0431. The minimum atomic E-state index is -0.0431. The van der Waals surface area contributed by atoms with Gasteiger partial charge in [0.05, 0.1) is 5.01 Å². The van der Waals surface area contributed by atoms with Crippen molar-refractivity contribution in [3.63, 3.8) is 0 Å². The first kappa shape index (κ1) is 12.3. The second-order valence-electron chi connectivity index (χ2n) is 4.64. The first-order chi connectivity index (χ1) is 9.24. The molecule has 2 N–H and O–H groups in total. The lowest BCUT2D eigenvalue weighted by molar-refractivity contribution is 0.722. The third-order valence-electron chi connectivity index (χ3n) is 3.18. The van der Waals surface area contributed by atoms with Crippen LogP contribution in [0.2, 0.25) is 0 Å². The molecule has 0 fully saturated rings. The van der Waals surface area contributed by atoms with E-state index < -0.39 is 0 Å². The van der Waals surface area contributed by atoms with E-state index in [-0.39, 0.29) is 6.04 Å². The van der Waals surface area contributed by atoms with Crippen molar-refractivity contribution in [2.75, 3.05) is 0 Å². The maximum absolute atomic E-state index is 6.34. The van der Waals surface area contributed by atoms with Gasteiger partial charge in [0.25, 0.3) is 0 Å². The van der Waals surface area contributed by atoms with Crippen LogP contribution in [0, 0.1) is 6.92 Å². The van der Waals surface area contributed by atoms with Gasteiger partial charge in [0, 0.05) is 41.3 Å². The number of aromatic nitrogens is 2. The van der Waals surface area contributed by atoms with Crippen LogP contribution in [-0.4, -0.2) is 9.97 Å². The molecule has 1 unspecified atom stereocenters. The summed E-state index contributed by atoms with van der Waals surface area (Å²) in [6.07, 6.45) is 4.46. The number of hydrogen-bond acceptors (Lipinski definition) is 4. The summed E-state index contributed by atoms with van der Waals surface area (Å²) in [5.74, 6) is 0. The van der Waals surface area contributed by atoms with Gasteiger partial charge in [-0.15, -0.1) is 11.3 Å². The van der Waals surface area contributed by atoms with E-state index in [1.807, 2.05) is 31.5 Å². The van der Waals surface area contributed by atoms with Crippen molar-refractivity contribution in [2.45, 2.75) is 19.4 Å². The highest BCUT2D eigenvalue weighted by atomic mass is 32.1. The average molecular weight is 269 g/mol. The molecule has 0 saturated carbocycles. The molecule has 1 atom stereocenters. The number of benzene rings is 1. The summed E-state index contributed by atoms with van der Waals surface area (Å²) in [7, 11) is 0. The number of aryl methyl sites for hydroxylation is 1. The Morgan fingerprint density at radius 2 is 2.21 bits per heavy atom. The first-order valence-corrected chi connectivity index (χ1v) is 7.11. The van der Waals surface area contributed by atoms with Crippen molar-refractivity contribution >= 4 is 22.1 Å². The van der Waals surface area contributed by atoms with E-state index in [0.717, 1.165) is 28.1 Å². The lowest BCUT2D eigenvalue weighted by Gasteiger charge is -2.13. The Morgan fingerprint density at radius 3 is 3.00 bits per heavy atom. The fourth-order valence-corrected chi connectivity index (χ4v) is 3.09. The normalized spacial score (nSPS) is 12.7. The summed E-state index contributed by atoms with van der Waals surface area (Å²) >= 11 is 1.67. The van der Waals surface area contributed by atoms with Gasteiger partial charge in [-0.25, -0.2) is 4.98 Å². The highest BCUT2D eigenvalue weighted by Gasteiger charge is 2.12. The predicted molar refractivity (Wildman–Crippen MR) is 79.2 cm³/mol. The Hall–Kier alpha value is -1.78. The largest absolute Gasteiger partial charge is 0.324 e. The molecule has 0 bridgehead atoms. The zero-order chi connectivity index (χ0) is 13.2. The zero-order valence-electron chi connectivity index (χ0n) is 10.7. The molecule has 96 valence electrons. The second-order valence-corrected chi connectivity index (χ2v) is 5.58. The van der Waals surface area contributed by atoms with Crippen LogP contribution >= 0.6 is 11.3 Å². The standard InChI is InChI=1S/C15H15N3S/c1-10-9-19-15(18-10)7-14(16)12-4-2-3-11-5-6-17-8-13(11)12/h2-6,8-9,14H,7,16H2,1H3. The lowest BCUT2D eigenvalue weighted by Crippen LogP contribution is -2.13. The predicted octanol–water partition coefficient (Wildman–Crippen LogP) is 3.24. The van der Waals surface area contributed by atoms with E-state index in [2.05, 4.69) is 27.5 Å². The molecule has 0 spiro atoms. The Labute approximate surface area is 116 Å². The van der Waals surface area contributed by atoms with Crippen LogP contribution in [0.1, 0.15) is 22.3 Å². The number of rotatable bonds is 3. The highest BCUT2D eigenvalue weighted by molar-refractivity contribution is 7.09. The summed E-state index contributed by atoms with van der Waals surface area (Å²) in [6.45, 7) is 2.01. The van der Waals surface area contributed by atoms with Gasteiger partial charge in [0.2, 0.25) is 0 Å². The van der Waals surface area contributed by atoms with Gasteiger partial charge in [0.15, 0.2) is 0 Å². The van der Waals surface area contributed by atoms with Crippen LogP contribution in [-0.2, 0) is 6.42 Å². The molecule has 4 heteroatoms. The van der Waals surface area contributed by atoms with Crippen LogP contribution in [0.25, 0.3) is 10.8 Å². The Balaban J connectivity index is 1.95. The fourth-order valence-electron chi connectivity index (χ4n) is 2.25. The maximum Gasteiger partial charge on any atom is 0.0947 e. The topological polar surface area (TPSA) is 51.8 Å². The number of fused-ring (bicyclic) bond motifs is 1. The third-order valence-corrected chi connectivity index (χ3v) is 4.17. The fraction of sp³-hybridized carbons (Fsp3) is 0.200.